The SMILES string of the molecule is Cc1ccc2c(Sc3ccccc3)c(C(=O)NC3CCCCCC3)[nH]c2c1. The molecule has 0 radical (unpaired) electrons. The van der Waals surface area contributed by atoms with Crippen molar-refractivity contribution in [1.82, 2.24) is 10.3 Å². The molecule has 140 valence electrons. The van der Waals surface area contributed by atoms with Crippen LogP contribution in [0.4, 0.5) is 0 Å². The lowest BCUT2D eigenvalue weighted by molar-refractivity contribution is 0.0926. The molecule has 1 heterocycles. The van der Waals surface area contributed by atoms with Crippen LogP contribution >= 0.6 is 11.8 Å². The molecule has 0 bridgehead atoms. The number of amides is 1. The third-order valence-corrected chi connectivity index (χ3v) is 6.42. The predicted molar refractivity (Wildman–Crippen MR) is 113 cm³/mol. The monoisotopic (exact) mass is 378 g/mol. The van der Waals surface area contributed by atoms with E-state index in [1.165, 1.54) is 31.2 Å². The Bertz CT molecular complexity index is 924. The highest BCUT2D eigenvalue weighted by atomic mass is 32.2. The van der Waals surface area contributed by atoms with E-state index >= 15 is 0 Å². The van der Waals surface area contributed by atoms with Crippen molar-refractivity contribution in [3.8, 4) is 0 Å². The first kappa shape index (κ1) is 18.2. The van der Waals surface area contributed by atoms with Gasteiger partial charge in [-0.15, -0.1) is 0 Å². The molecule has 0 atom stereocenters. The van der Waals surface area contributed by atoms with Crippen LogP contribution in [0.1, 0.15) is 54.6 Å². The second-order valence-electron chi connectivity index (χ2n) is 7.46. The van der Waals surface area contributed by atoms with Crippen LogP contribution in [0.15, 0.2) is 58.3 Å². The van der Waals surface area contributed by atoms with Crippen LogP contribution in [0.25, 0.3) is 10.9 Å². The molecule has 3 nitrogen and oxygen atoms in total. The van der Waals surface area contributed by atoms with Crippen molar-refractivity contribution in [2.45, 2.75) is 61.3 Å². The number of fused-ring (bicyclic) bond motifs is 1. The number of benzene rings is 2. The molecule has 2 N–H and O–H groups in total. The molecule has 4 heteroatoms. The Labute approximate surface area is 164 Å². The van der Waals surface area contributed by atoms with Gasteiger partial charge in [0.1, 0.15) is 5.69 Å². The van der Waals surface area contributed by atoms with E-state index in [0.29, 0.717) is 11.7 Å². The Hall–Kier alpha value is -2.20. The lowest BCUT2D eigenvalue weighted by Crippen LogP contribution is -2.34. The fraction of sp³-hybridized carbons (Fsp3) is 0.348. The summed E-state index contributed by atoms with van der Waals surface area (Å²) in [7, 11) is 0. The number of aromatic nitrogens is 1. The van der Waals surface area contributed by atoms with Gasteiger partial charge in [0.25, 0.3) is 5.91 Å². The molecule has 1 aromatic heterocycles. The van der Waals surface area contributed by atoms with Gasteiger partial charge >= 0.3 is 0 Å². The standard InChI is InChI=1S/C23H26N2OS/c1-16-13-14-19-20(15-16)25-21(22(19)27-18-11-7-4-8-12-18)23(26)24-17-9-5-2-3-6-10-17/h4,7-8,11-15,17,25H,2-3,5-6,9-10H2,1H3,(H,24,26). The van der Waals surface area contributed by atoms with Gasteiger partial charge in [-0.25, -0.2) is 0 Å². The number of rotatable bonds is 4. The Morgan fingerprint density at radius 2 is 1.78 bits per heavy atom. The van der Waals surface area contributed by atoms with Gasteiger partial charge in [-0.3, -0.25) is 4.79 Å². The molecule has 0 aliphatic heterocycles. The van der Waals surface area contributed by atoms with Crippen LogP contribution in [0, 0.1) is 6.92 Å². The molecule has 1 aliphatic rings. The number of aryl methyl sites for hydroxylation is 1. The molecule has 2 aromatic carbocycles. The zero-order valence-electron chi connectivity index (χ0n) is 15.8. The van der Waals surface area contributed by atoms with Gasteiger partial charge in [-0.2, -0.15) is 0 Å². The highest BCUT2D eigenvalue weighted by molar-refractivity contribution is 7.99. The van der Waals surface area contributed by atoms with Crippen molar-refractivity contribution in [3.05, 3.63) is 59.8 Å². The van der Waals surface area contributed by atoms with Crippen LogP contribution < -0.4 is 5.32 Å². The van der Waals surface area contributed by atoms with Gasteiger partial charge < -0.3 is 10.3 Å². The van der Waals surface area contributed by atoms with Crippen LogP contribution in [-0.4, -0.2) is 16.9 Å². The first-order valence-electron chi connectivity index (χ1n) is 9.87. The van der Waals surface area contributed by atoms with Gasteiger partial charge in [0.2, 0.25) is 0 Å². The average molecular weight is 379 g/mol. The van der Waals surface area contributed by atoms with Crippen LogP contribution in [-0.2, 0) is 0 Å². The van der Waals surface area contributed by atoms with E-state index in [1.54, 1.807) is 11.8 Å². The fourth-order valence-corrected chi connectivity index (χ4v) is 4.90. The molecule has 0 saturated heterocycles. The highest BCUT2D eigenvalue weighted by Gasteiger charge is 2.22. The number of carbonyl (C=O) groups is 1. The fourth-order valence-electron chi connectivity index (χ4n) is 3.84. The third kappa shape index (κ3) is 4.22. The summed E-state index contributed by atoms with van der Waals surface area (Å²) in [5.41, 5.74) is 2.91. The number of hydrogen-bond donors (Lipinski definition) is 2. The summed E-state index contributed by atoms with van der Waals surface area (Å²) < 4.78 is 0. The largest absolute Gasteiger partial charge is 0.350 e. The minimum absolute atomic E-state index is 0.0224. The van der Waals surface area contributed by atoms with E-state index < -0.39 is 0 Å². The maximum absolute atomic E-state index is 13.1. The smallest absolute Gasteiger partial charge is 0.269 e. The Morgan fingerprint density at radius 3 is 2.52 bits per heavy atom. The van der Waals surface area contributed by atoms with E-state index in [0.717, 1.165) is 33.5 Å². The number of aromatic amines is 1. The second kappa shape index (κ2) is 8.22. The summed E-state index contributed by atoms with van der Waals surface area (Å²) in [6.07, 6.45) is 7.17. The summed E-state index contributed by atoms with van der Waals surface area (Å²) in [4.78, 5) is 18.7. The molecule has 1 aliphatic carbocycles. The quantitative estimate of drug-likeness (QED) is 0.540. The topological polar surface area (TPSA) is 44.9 Å². The molecule has 4 rings (SSSR count). The maximum atomic E-state index is 13.1. The van der Waals surface area contributed by atoms with Crippen molar-refractivity contribution >= 4 is 28.6 Å². The molecule has 0 spiro atoms. The molecule has 1 fully saturated rings. The maximum Gasteiger partial charge on any atom is 0.269 e. The molecular formula is C23H26N2OS. The number of hydrogen-bond acceptors (Lipinski definition) is 2. The third-order valence-electron chi connectivity index (χ3n) is 5.29. The molecule has 27 heavy (non-hydrogen) atoms. The summed E-state index contributed by atoms with van der Waals surface area (Å²) >= 11 is 1.66. The van der Waals surface area contributed by atoms with Crippen molar-refractivity contribution in [2.24, 2.45) is 0 Å². The van der Waals surface area contributed by atoms with E-state index in [-0.39, 0.29) is 5.91 Å². The van der Waals surface area contributed by atoms with Gasteiger partial charge in [0.15, 0.2) is 0 Å². The summed E-state index contributed by atoms with van der Waals surface area (Å²) in [6.45, 7) is 2.08. The van der Waals surface area contributed by atoms with Crippen LogP contribution in [0.2, 0.25) is 0 Å². The first-order chi connectivity index (χ1) is 13.2. The first-order valence-corrected chi connectivity index (χ1v) is 10.7. The number of nitrogens with one attached hydrogen (secondary N) is 2. The predicted octanol–water partition coefficient (Wildman–Crippen LogP) is 6.08. The minimum atomic E-state index is 0.0224. The molecule has 1 saturated carbocycles. The molecular weight excluding hydrogens is 352 g/mol. The minimum Gasteiger partial charge on any atom is -0.350 e. The Kier molecular flexibility index (Phi) is 5.53. The molecule has 0 unspecified atom stereocenters. The number of H-pyrrole nitrogens is 1. The zero-order valence-corrected chi connectivity index (χ0v) is 16.6. The van der Waals surface area contributed by atoms with Crippen LogP contribution in [0.5, 0.6) is 0 Å². The number of carbonyl (C=O) groups excluding carboxylic acids is 1. The van der Waals surface area contributed by atoms with Gasteiger partial charge in [-0.05, 0) is 43.5 Å². The average Bonchev–Trinajstić information content (AvgIpc) is 2.84. The van der Waals surface area contributed by atoms with Gasteiger partial charge in [0, 0.05) is 21.8 Å². The van der Waals surface area contributed by atoms with Gasteiger partial charge in [0.05, 0.1) is 4.90 Å². The van der Waals surface area contributed by atoms with E-state index in [4.69, 9.17) is 0 Å². The zero-order chi connectivity index (χ0) is 18.6. The molecule has 1 amide bonds. The van der Waals surface area contributed by atoms with Crippen molar-refractivity contribution < 1.29 is 4.79 Å². The van der Waals surface area contributed by atoms with E-state index in [1.807, 2.05) is 18.2 Å². The Morgan fingerprint density at radius 1 is 1.04 bits per heavy atom. The van der Waals surface area contributed by atoms with E-state index in [9.17, 15) is 4.79 Å². The lowest BCUT2D eigenvalue weighted by Gasteiger charge is -2.16. The summed E-state index contributed by atoms with van der Waals surface area (Å²) in [5.74, 6) is 0.0224. The normalized spacial score (nSPS) is 15.6. The van der Waals surface area contributed by atoms with Crippen LogP contribution in [0.3, 0.4) is 0 Å². The van der Waals surface area contributed by atoms with Gasteiger partial charge in [-0.1, -0.05) is 67.8 Å². The Balaban J connectivity index is 1.67. The van der Waals surface area contributed by atoms with Crippen molar-refractivity contribution in [1.29, 1.82) is 0 Å². The van der Waals surface area contributed by atoms with Crippen molar-refractivity contribution in [3.63, 3.8) is 0 Å². The van der Waals surface area contributed by atoms with E-state index in [2.05, 4.69) is 47.6 Å². The summed E-state index contributed by atoms with van der Waals surface area (Å²) in [5, 5.41) is 4.40. The molecule has 3 aromatic rings. The lowest BCUT2D eigenvalue weighted by atomic mass is 10.1. The second-order valence-corrected chi connectivity index (χ2v) is 8.54. The van der Waals surface area contributed by atoms with Crippen molar-refractivity contribution in [2.75, 3.05) is 0 Å². The summed E-state index contributed by atoms with van der Waals surface area (Å²) in [6, 6.07) is 16.9. The highest BCUT2D eigenvalue weighted by Crippen LogP contribution is 2.37.